The van der Waals surface area contributed by atoms with Crippen LogP contribution in [-0.4, -0.2) is 44.6 Å². The number of hydrogen-bond acceptors (Lipinski definition) is 4. The minimum Gasteiger partial charge on any atom is -0.541 e. The topological polar surface area (TPSA) is 41.9 Å². The lowest BCUT2D eigenvalue weighted by atomic mass is 9.79. The molecule has 5 heteroatoms. The van der Waals surface area contributed by atoms with Gasteiger partial charge in [0.2, 0.25) is 0 Å². The number of piperidine rings is 1. The molecule has 1 fully saturated rings. The lowest BCUT2D eigenvalue weighted by Crippen LogP contribution is -2.48. The normalized spacial score (nSPS) is 25.5. The first kappa shape index (κ1) is 22.6. The predicted molar refractivity (Wildman–Crippen MR) is 122 cm³/mol. The molecule has 2 unspecified atom stereocenters. The van der Waals surface area contributed by atoms with Gasteiger partial charge in [-0.25, -0.2) is 0 Å². The van der Waals surface area contributed by atoms with Gasteiger partial charge in [-0.15, -0.1) is 0 Å². The van der Waals surface area contributed by atoms with E-state index in [0.717, 1.165) is 43.9 Å². The number of hydrogen-bond donors (Lipinski definition) is 1. The molecule has 0 saturated carbocycles. The molecule has 0 aromatic heterocycles. The van der Waals surface area contributed by atoms with E-state index in [2.05, 4.69) is 64.7 Å². The Bertz CT molecular complexity index is 726. The van der Waals surface area contributed by atoms with E-state index in [9.17, 15) is 5.11 Å². The van der Waals surface area contributed by atoms with Crippen LogP contribution in [0.3, 0.4) is 0 Å². The maximum Gasteiger partial charge on any atom is 0.250 e. The van der Waals surface area contributed by atoms with Crippen molar-refractivity contribution in [3.63, 3.8) is 0 Å². The maximum atomic E-state index is 10.9. The lowest BCUT2D eigenvalue weighted by molar-refractivity contribution is -0.0191. The summed E-state index contributed by atoms with van der Waals surface area (Å²) in [7, 11) is -0.236. The van der Waals surface area contributed by atoms with Crippen LogP contribution in [0.15, 0.2) is 12.1 Å². The Balaban J connectivity index is 1.91. The molecule has 1 aromatic rings. The number of ether oxygens (including phenoxy) is 1. The van der Waals surface area contributed by atoms with Gasteiger partial charge in [-0.05, 0) is 72.5 Å². The fraction of sp³-hybridized carbons (Fsp3) is 0.750. The summed E-state index contributed by atoms with van der Waals surface area (Å²) < 4.78 is 12.4. The van der Waals surface area contributed by atoms with E-state index < -0.39 is 8.32 Å². The molecule has 1 aromatic carbocycles. The summed E-state index contributed by atoms with van der Waals surface area (Å²) in [5, 5.41) is 11.0. The van der Waals surface area contributed by atoms with Crippen molar-refractivity contribution in [2.75, 3.05) is 20.2 Å². The number of fused-ring (bicyclic) bond motifs is 3. The molecule has 2 aliphatic rings. The lowest BCUT2D eigenvalue weighted by Gasteiger charge is -2.46. The Hall–Kier alpha value is -1.04. The molecule has 0 aliphatic carbocycles. The van der Waals surface area contributed by atoms with Gasteiger partial charge in [-0.3, -0.25) is 4.90 Å². The second-order valence-electron chi connectivity index (χ2n) is 11.0. The quantitative estimate of drug-likeness (QED) is 0.648. The van der Waals surface area contributed by atoms with Gasteiger partial charge in [0.25, 0.3) is 8.32 Å². The molecule has 3 rings (SSSR count). The van der Waals surface area contributed by atoms with Crippen LogP contribution >= 0.6 is 0 Å². The van der Waals surface area contributed by atoms with Crippen molar-refractivity contribution in [3.8, 4) is 11.5 Å². The van der Waals surface area contributed by atoms with Gasteiger partial charge in [0.15, 0.2) is 5.75 Å². The highest BCUT2D eigenvalue weighted by atomic mass is 28.4. The maximum absolute atomic E-state index is 10.9. The number of methoxy groups -OCH3 is 1. The zero-order valence-electron chi connectivity index (χ0n) is 19.7. The van der Waals surface area contributed by atoms with Crippen molar-refractivity contribution >= 4 is 8.32 Å². The van der Waals surface area contributed by atoms with Gasteiger partial charge < -0.3 is 14.3 Å². The van der Waals surface area contributed by atoms with Crippen LogP contribution in [0.1, 0.15) is 64.6 Å². The second-order valence-corrected chi connectivity index (χ2v) is 15.7. The Kier molecular flexibility index (Phi) is 6.43. The minimum atomic E-state index is -1.97. The summed E-state index contributed by atoms with van der Waals surface area (Å²) in [5.41, 5.74) is 2.67. The van der Waals surface area contributed by atoms with Crippen molar-refractivity contribution in [1.82, 2.24) is 4.90 Å². The van der Waals surface area contributed by atoms with Gasteiger partial charge in [0.05, 0.1) is 13.2 Å². The minimum absolute atomic E-state index is 0.130. The van der Waals surface area contributed by atoms with Crippen molar-refractivity contribution < 1.29 is 14.3 Å². The average Bonchev–Trinajstić information content (AvgIpc) is 2.60. The number of nitrogens with zero attached hydrogens (tertiary/aromatic N) is 1. The fourth-order valence-corrected chi connectivity index (χ4v) is 5.62. The molecule has 2 aliphatic heterocycles. The van der Waals surface area contributed by atoms with Gasteiger partial charge >= 0.3 is 0 Å². The largest absolute Gasteiger partial charge is 0.541 e. The Morgan fingerprint density at radius 3 is 2.48 bits per heavy atom. The van der Waals surface area contributed by atoms with Gasteiger partial charge in [-0.1, -0.05) is 34.6 Å². The second kappa shape index (κ2) is 8.24. The third-order valence-electron chi connectivity index (χ3n) is 7.32. The van der Waals surface area contributed by atoms with Gasteiger partial charge in [0, 0.05) is 19.1 Å². The highest BCUT2D eigenvalue weighted by Gasteiger charge is 2.41. The van der Waals surface area contributed by atoms with Crippen molar-refractivity contribution in [3.05, 3.63) is 23.3 Å². The summed E-state index contributed by atoms with van der Waals surface area (Å²) >= 11 is 0. The number of rotatable bonds is 5. The van der Waals surface area contributed by atoms with E-state index in [1.165, 1.54) is 11.1 Å². The molecule has 4 nitrogen and oxygen atoms in total. The molecule has 0 bridgehead atoms. The molecule has 164 valence electrons. The molecule has 0 radical (unpaired) electrons. The van der Waals surface area contributed by atoms with E-state index in [0.29, 0.717) is 11.8 Å². The zero-order valence-corrected chi connectivity index (χ0v) is 20.7. The Labute approximate surface area is 178 Å². The number of benzene rings is 1. The first-order valence-corrected chi connectivity index (χ1v) is 14.2. The van der Waals surface area contributed by atoms with Crippen LogP contribution in [0, 0.1) is 11.8 Å². The number of aliphatic hydroxyl groups excluding tert-OH is 1. The first-order valence-electron chi connectivity index (χ1n) is 11.2. The van der Waals surface area contributed by atoms with E-state index in [-0.39, 0.29) is 17.2 Å². The van der Waals surface area contributed by atoms with Crippen LogP contribution in [0.4, 0.5) is 0 Å². The average molecular weight is 420 g/mol. The van der Waals surface area contributed by atoms with Crippen LogP contribution < -0.4 is 9.16 Å². The van der Waals surface area contributed by atoms with Crippen LogP contribution in [0.25, 0.3) is 0 Å². The van der Waals surface area contributed by atoms with E-state index in [1.807, 2.05) is 0 Å². The Morgan fingerprint density at radius 2 is 1.90 bits per heavy atom. The molecule has 1 N–H and O–H groups in total. The first-order chi connectivity index (χ1) is 13.4. The highest BCUT2D eigenvalue weighted by molar-refractivity contribution is 6.74. The van der Waals surface area contributed by atoms with Crippen LogP contribution in [0.5, 0.6) is 11.5 Å². The standard InChI is InChI=1S/C24H41NO3Si/c1-16(2)11-18-15-25-10-9-17-12-22(27-6)23(28-29(7,8)24(3,4)5)13-19(17)20(25)14-21(18)26/h12-13,16,18,20-21,26H,9-11,14-15H2,1-8H3/t18-,20?,21?/m1/s1. The molecular weight excluding hydrogens is 378 g/mol. The van der Waals surface area contributed by atoms with Crippen molar-refractivity contribution in [2.45, 2.75) is 84.2 Å². The molecule has 2 heterocycles. The van der Waals surface area contributed by atoms with E-state index in [4.69, 9.17) is 9.16 Å². The Morgan fingerprint density at radius 1 is 1.21 bits per heavy atom. The smallest absolute Gasteiger partial charge is 0.250 e. The molecule has 0 amide bonds. The van der Waals surface area contributed by atoms with Gasteiger partial charge in [0.1, 0.15) is 5.75 Å². The SMILES string of the molecule is COc1cc2c(cc1O[Si](C)(C)C(C)(C)C)C1CC(O)[C@H](CC(C)C)CN1CC2. The zero-order chi connectivity index (χ0) is 21.6. The van der Waals surface area contributed by atoms with Crippen LogP contribution in [0.2, 0.25) is 18.1 Å². The monoisotopic (exact) mass is 419 g/mol. The molecule has 29 heavy (non-hydrogen) atoms. The summed E-state index contributed by atoms with van der Waals surface area (Å²) in [4.78, 5) is 2.59. The predicted octanol–water partition coefficient (Wildman–Crippen LogP) is 5.41. The third kappa shape index (κ3) is 4.67. The van der Waals surface area contributed by atoms with Gasteiger partial charge in [-0.2, -0.15) is 0 Å². The molecule has 0 spiro atoms. The van der Waals surface area contributed by atoms with Crippen molar-refractivity contribution in [2.24, 2.45) is 11.8 Å². The summed E-state index contributed by atoms with van der Waals surface area (Å²) in [6.07, 6.45) is 2.72. The van der Waals surface area contributed by atoms with Crippen LogP contribution in [-0.2, 0) is 6.42 Å². The molecular formula is C24H41NO3Si. The number of aliphatic hydroxyl groups is 1. The van der Waals surface area contributed by atoms with Crippen molar-refractivity contribution in [1.29, 1.82) is 0 Å². The summed E-state index contributed by atoms with van der Waals surface area (Å²) in [6.45, 7) is 17.9. The molecule has 1 saturated heterocycles. The van der Waals surface area contributed by atoms with E-state index >= 15 is 0 Å². The van der Waals surface area contributed by atoms with E-state index in [1.54, 1.807) is 7.11 Å². The molecule has 3 atom stereocenters. The summed E-state index contributed by atoms with van der Waals surface area (Å²) in [6, 6.07) is 4.69. The highest BCUT2D eigenvalue weighted by Crippen LogP contribution is 2.46. The third-order valence-corrected chi connectivity index (χ3v) is 11.7. The fourth-order valence-electron chi connectivity index (χ4n) is 4.60. The summed E-state index contributed by atoms with van der Waals surface area (Å²) in [5.74, 6) is 2.72.